The summed E-state index contributed by atoms with van der Waals surface area (Å²) in [5.74, 6) is 1.43. The SMILES string of the molecule is COc1cc(C=CC(=O)N(CCCN(C)C)c2nc3ccc(Br)cc3s2)cc(OC)c1OC. The first-order chi connectivity index (χ1) is 15.9. The number of ether oxygens (including phenoxy) is 3. The molecule has 0 saturated carbocycles. The summed E-state index contributed by atoms with van der Waals surface area (Å²) in [4.78, 5) is 21.8. The molecular weight excluding hydrogens is 506 g/mol. The summed E-state index contributed by atoms with van der Waals surface area (Å²) in [6.45, 7) is 1.44. The summed E-state index contributed by atoms with van der Waals surface area (Å²) in [5.41, 5.74) is 1.64. The number of rotatable bonds is 10. The number of anilines is 1. The number of methoxy groups -OCH3 is 3. The highest BCUT2D eigenvalue weighted by Gasteiger charge is 2.18. The summed E-state index contributed by atoms with van der Waals surface area (Å²) in [7, 11) is 8.72. The summed E-state index contributed by atoms with van der Waals surface area (Å²) in [6, 6.07) is 9.53. The van der Waals surface area contributed by atoms with Crippen LogP contribution in [0.1, 0.15) is 12.0 Å². The van der Waals surface area contributed by atoms with Crippen LogP contribution in [0.5, 0.6) is 17.2 Å². The predicted molar refractivity (Wildman–Crippen MR) is 138 cm³/mol. The van der Waals surface area contributed by atoms with Crippen molar-refractivity contribution in [1.29, 1.82) is 0 Å². The number of benzene rings is 2. The first-order valence-electron chi connectivity index (χ1n) is 10.4. The lowest BCUT2D eigenvalue weighted by atomic mass is 10.1. The van der Waals surface area contributed by atoms with E-state index in [-0.39, 0.29) is 5.91 Å². The summed E-state index contributed by atoms with van der Waals surface area (Å²) in [5, 5.41) is 0.682. The largest absolute Gasteiger partial charge is 0.493 e. The standard InChI is InChI=1S/C24H28BrN3O4S/c1-27(2)11-6-12-28(24-26-18-9-8-17(25)15-21(18)33-24)22(29)10-7-16-13-19(30-3)23(32-5)20(14-16)31-4/h7-10,13-15H,6,11-12H2,1-5H3. The molecule has 0 bridgehead atoms. The summed E-state index contributed by atoms with van der Waals surface area (Å²) in [6.07, 6.45) is 4.13. The van der Waals surface area contributed by atoms with Gasteiger partial charge in [0, 0.05) is 17.1 Å². The highest BCUT2D eigenvalue weighted by atomic mass is 79.9. The van der Waals surface area contributed by atoms with E-state index in [1.54, 1.807) is 50.5 Å². The average molecular weight is 534 g/mol. The molecule has 1 aromatic heterocycles. The van der Waals surface area contributed by atoms with Gasteiger partial charge in [-0.25, -0.2) is 4.98 Å². The monoisotopic (exact) mass is 533 g/mol. The van der Waals surface area contributed by atoms with Gasteiger partial charge < -0.3 is 19.1 Å². The Morgan fingerprint density at radius 3 is 2.36 bits per heavy atom. The number of hydrogen-bond donors (Lipinski definition) is 0. The number of thiazole rings is 1. The molecule has 176 valence electrons. The van der Waals surface area contributed by atoms with Crippen molar-refractivity contribution in [1.82, 2.24) is 9.88 Å². The molecule has 0 aliphatic carbocycles. The second kappa shape index (κ2) is 11.5. The summed E-state index contributed by atoms with van der Waals surface area (Å²) >= 11 is 5.01. The average Bonchev–Trinajstić information content (AvgIpc) is 3.21. The number of halogens is 1. The molecule has 0 saturated heterocycles. The topological polar surface area (TPSA) is 64.1 Å². The molecule has 0 unspecified atom stereocenters. The Labute approximate surface area is 206 Å². The maximum absolute atomic E-state index is 13.3. The Bertz CT molecular complexity index is 1120. The van der Waals surface area contributed by atoms with E-state index >= 15 is 0 Å². The lowest BCUT2D eigenvalue weighted by Crippen LogP contribution is -2.32. The Kier molecular flexibility index (Phi) is 8.71. The fraction of sp³-hybridized carbons (Fsp3) is 0.333. The van der Waals surface area contributed by atoms with E-state index in [1.165, 1.54) is 11.3 Å². The van der Waals surface area contributed by atoms with Gasteiger partial charge in [-0.15, -0.1) is 0 Å². The maximum Gasteiger partial charge on any atom is 0.252 e. The van der Waals surface area contributed by atoms with Gasteiger partial charge in [-0.3, -0.25) is 9.69 Å². The molecule has 7 nitrogen and oxygen atoms in total. The molecule has 1 heterocycles. The smallest absolute Gasteiger partial charge is 0.252 e. The zero-order chi connectivity index (χ0) is 24.0. The van der Waals surface area contributed by atoms with Gasteiger partial charge in [0.2, 0.25) is 5.75 Å². The van der Waals surface area contributed by atoms with E-state index in [4.69, 9.17) is 19.2 Å². The highest BCUT2D eigenvalue weighted by molar-refractivity contribution is 9.10. The normalized spacial score (nSPS) is 11.4. The van der Waals surface area contributed by atoms with Crippen LogP contribution in [0, 0.1) is 0 Å². The molecule has 0 radical (unpaired) electrons. The van der Waals surface area contributed by atoms with Crippen molar-refractivity contribution in [3.05, 3.63) is 46.4 Å². The van der Waals surface area contributed by atoms with Gasteiger partial charge in [-0.05, 0) is 69.0 Å². The Hall–Kier alpha value is -2.62. The fourth-order valence-corrected chi connectivity index (χ4v) is 4.85. The van der Waals surface area contributed by atoms with Gasteiger partial charge in [0.05, 0.1) is 31.5 Å². The van der Waals surface area contributed by atoms with Crippen LogP contribution in [0.3, 0.4) is 0 Å². The van der Waals surface area contributed by atoms with E-state index in [0.29, 0.717) is 28.9 Å². The third-order valence-corrected chi connectivity index (χ3v) is 6.46. The second-order valence-corrected chi connectivity index (χ2v) is 9.47. The third kappa shape index (κ3) is 6.25. The molecule has 0 spiro atoms. The van der Waals surface area contributed by atoms with Crippen molar-refractivity contribution < 1.29 is 19.0 Å². The van der Waals surface area contributed by atoms with Crippen molar-refractivity contribution in [3.8, 4) is 17.2 Å². The van der Waals surface area contributed by atoms with Gasteiger partial charge in [0.15, 0.2) is 16.6 Å². The number of fused-ring (bicyclic) bond motifs is 1. The van der Waals surface area contributed by atoms with E-state index in [2.05, 4.69) is 20.8 Å². The molecule has 9 heteroatoms. The number of nitrogens with zero attached hydrogens (tertiary/aromatic N) is 3. The van der Waals surface area contributed by atoms with Crippen LogP contribution in [0.2, 0.25) is 0 Å². The minimum atomic E-state index is -0.138. The molecule has 3 rings (SSSR count). The first kappa shape index (κ1) is 25.0. The Balaban J connectivity index is 1.90. The van der Waals surface area contributed by atoms with Crippen LogP contribution in [-0.2, 0) is 4.79 Å². The second-order valence-electron chi connectivity index (χ2n) is 7.55. The van der Waals surface area contributed by atoms with Crippen molar-refractivity contribution in [2.24, 2.45) is 0 Å². The van der Waals surface area contributed by atoms with E-state index in [9.17, 15) is 4.79 Å². The van der Waals surface area contributed by atoms with Gasteiger partial charge in [0.25, 0.3) is 5.91 Å². The number of aromatic nitrogens is 1. The third-order valence-electron chi connectivity index (χ3n) is 4.93. The number of carbonyl (C=O) groups is 1. The molecule has 33 heavy (non-hydrogen) atoms. The van der Waals surface area contributed by atoms with Crippen LogP contribution >= 0.6 is 27.3 Å². The van der Waals surface area contributed by atoms with Crippen molar-refractivity contribution in [2.75, 3.05) is 53.4 Å². The zero-order valence-corrected chi connectivity index (χ0v) is 21.8. The van der Waals surface area contributed by atoms with Crippen molar-refractivity contribution >= 4 is 54.6 Å². The molecule has 0 fully saturated rings. The van der Waals surface area contributed by atoms with Crippen LogP contribution in [0.15, 0.2) is 40.9 Å². The van der Waals surface area contributed by atoms with E-state index in [0.717, 1.165) is 33.2 Å². The van der Waals surface area contributed by atoms with Gasteiger partial charge in [-0.1, -0.05) is 27.3 Å². The van der Waals surface area contributed by atoms with Gasteiger partial charge in [-0.2, -0.15) is 0 Å². The molecule has 1 amide bonds. The van der Waals surface area contributed by atoms with E-state index < -0.39 is 0 Å². The Morgan fingerprint density at radius 2 is 1.76 bits per heavy atom. The Morgan fingerprint density at radius 1 is 1.06 bits per heavy atom. The van der Waals surface area contributed by atoms with Crippen molar-refractivity contribution in [3.63, 3.8) is 0 Å². The first-order valence-corrected chi connectivity index (χ1v) is 12.0. The van der Waals surface area contributed by atoms with Crippen LogP contribution in [0.25, 0.3) is 16.3 Å². The van der Waals surface area contributed by atoms with Crippen LogP contribution in [0.4, 0.5) is 5.13 Å². The van der Waals surface area contributed by atoms with E-state index in [1.807, 2.05) is 32.3 Å². The molecule has 3 aromatic rings. The lowest BCUT2D eigenvalue weighted by molar-refractivity contribution is -0.114. The molecule has 0 atom stereocenters. The number of hydrogen-bond acceptors (Lipinski definition) is 7. The predicted octanol–water partition coefficient (Wildman–Crippen LogP) is 5.08. The lowest BCUT2D eigenvalue weighted by Gasteiger charge is -2.19. The van der Waals surface area contributed by atoms with Crippen LogP contribution < -0.4 is 19.1 Å². The summed E-state index contributed by atoms with van der Waals surface area (Å²) < 4.78 is 18.2. The minimum Gasteiger partial charge on any atom is -0.493 e. The maximum atomic E-state index is 13.3. The molecule has 0 aliphatic rings. The van der Waals surface area contributed by atoms with Crippen LogP contribution in [-0.4, -0.2) is 64.3 Å². The molecule has 0 N–H and O–H groups in total. The van der Waals surface area contributed by atoms with Crippen molar-refractivity contribution in [2.45, 2.75) is 6.42 Å². The fourth-order valence-electron chi connectivity index (χ4n) is 3.30. The molecule has 2 aromatic carbocycles. The number of amides is 1. The quantitative estimate of drug-likeness (QED) is 0.338. The van der Waals surface area contributed by atoms with Gasteiger partial charge >= 0.3 is 0 Å². The minimum absolute atomic E-state index is 0.138. The highest BCUT2D eigenvalue weighted by Crippen LogP contribution is 2.38. The molecular formula is C24H28BrN3O4S. The van der Waals surface area contributed by atoms with Gasteiger partial charge in [0.1, 0.15) is 0 Å². The zero-order valence-electron chi connectivity index (χ0n) is 19.4. The number of carbonyl (C=O) groups excluding carboxylic acids is 1. The molecule has 0 aliphatic heterocycles.